The van der Waals surface area contributed by atoms with E-state index in [1.165, 1.54) is 0 Å². The summed E-state index contributed by atoms with van der Waals surface area (Å²) in [6.07, 6.45) is 0. The minimum Gasteiger partial charge on any atom is -0.339 e. The molecule has 1 aliphatic heterocycles. The Morgan fingerprint density at radius 1 is 1.05 bits per heavy atom. The number of nitrogens with zero attached hydrogens (tertiary/aromatic N) is 2. The lowest BCUT2D eigenvalue weighted by Crippen LogP contribution is -2.51. The molecule has 0 radical (unpaired) electrons. The first-order chi connectivity index (χ1) is 9.90. The molecule has 4 nitrogen and oxygen atoms in total. The van der Waals surface area contributed by atoms with Gasteiger partial charge in [0.05, 0.1) is 10.6 Å². The summed E-state index contributed by atoms with van der Waals surface area (Å²) in [4.78, 5) is 27.9. The van der Waals surface area contributed by atoms with Gasteiger partial charge in [0.15, 0.2) is 0 Å². The fraction of sp³-hybridized carbons (Fsp3) is 0.467. The minimum absolute atomic E-state index is 0.0158. The molecule has 0 spiro atoms. The van der Waals surface area contributed by atoms with Gasteiger partial charge in [-0.05, 0) is 18.2 Å². The first-order valence-electron chi connectivity index (χ1n) is 6.93. The third-order valence-electron chi connectivity index (χ3n) is 3.53. The van der Waals surface area contributed by atoms with Crippen molar-refractivity contribution in [2.24, 2.45) is 5.92 Å². The Labute approximate surface area is 134 Å². The van der Waals surface area contributed by atoms with Gasteiger partial charge in [-0.25, -0.2) is 0 Å². The Balaban J connectivity index is 2.02. The minimum atomic E-state index is -0.117. The fourth-order valence-corrected chi connectivity index (χ4v) is 2.82. The maximum Gasteiger partial charge on any atom is 0.255 e. The van der Waals surface area contributed by atoms with E-state index in [2.05, 4.69) is 0 Å². The van der Waals surface area contributed by atoms with E-state index >= 15 is 0 Å². The molecular weight excluding hydrogens is 311 g/mol. The zero-order chi connectivity index (χ0) is 15.6. The molecule has 0 atom stereocenters. The van der Waals surface area contributed by atoms with Crippen LogP contribution >= 0.6 is 23.2 Å². The molecule has 0 unspecified atom stereocenters. The van der Waals surface area contributed by atoms with E-state index in [0.29, 0.717) is 41.8 Å². The number of hydrogen-bond acceptors (Lipinski definition) is 2. The second-order valence-electron chi connectivity index (χ2n) is 5.40. The van der Waals surface area contributed by atoms with Crippen LogP contribution in [0.4, 0.5) is 0 Å². The second-order valence-corrected chi connectivity index (χ2v) is 6.24. The number of halogens is 2. The summed E-state index contributed by atoms with van der Waals surface area (Å²) in [5.41, 5.74) is 0.449. The van der Waals surface area contributed by atoms with Crippen molar-refractivity contribution in [2.75, 3.05) is 26.2 Å². The summed E-state index contributed by atoms with van der Waals surface area (Å²) < 4.78 is 0. The summed E-state index contributed by atoms with van der Waals surface area (Å²) >= 11 is 11.9. The first-order valence-corrected chi connectivity index (χ1v) is 7.69. The highest BCUT2D eigenvalue weighted by molar-refractivity contribution is 6.36. The molecule has 1 aromatic carbocycles. The molecule has 6 heteroatoms. The van der Waals surface area contributed by atoms with Crippen LogP contribution in [-0.4, -0.2) is 47.8 Å². The average molecular weight is 329 g/mol. The average Bonchev–Trinajstić information content (AvgIpc) is 2.46. The lowest BCUT2D eigenvalue weighted by Gasteiger charge is -2.35. The maximum atomic E-state index is 12.4. The van der Waals surface area contributed by atoms with Crippen LogP contribution in [0.2, 0.25) is 10.0 Å². The summed E-state index contributed by atoms with van der Waals surface area (Å²) in [7, 11) is 0. The molecule has 1 heterocycles. The van der Waals surface area contributed by atoms with E-state index in [4.69, 9.17) is 23.2 Å². The lowest BCUT2D eigenvalue weighted by molar-refractivity contribution is -0.135. The van der Waals surface area contributed by atoms with Crippen LogP contribution in [0.25, 0.3) is 0 Å². The van der Waals surface area contributed by atoms with E-state index < -0.39 is 0 Å². The van der Waals surface area contributed by atoms with Crippen molar-refractivity contribution < 1.29 is 9.59 Å². The normalized spacial score (nSPS) is 15.5. The number of carbonyl (C=O) groups is 2. The van der Waals surface area contributed by atoms with Crippen molar-refractivity contribution in [2.45, 2.75) is 13.8 Å². The topological polar surface area (TPSA) is 40.6 Å². The molecular formula is C15H18Cl2N2O2. The molecule has 114 valence electrons. The first kappa shape index (κ1) is 16.1. The zero-order valence-corrected chi connectivity index (χ0v) is 13.6. The molecule has 1 aromatic rings. The van der Waals surface area contributed by atoms with Gasteiger partial charge in [0.2, 0.25) is 5.91 Å². The van der Waals surface area contributed by atoms with Crippen LogP contribution in [0.3, 0.4) is 0 Å². The molecule has 0 bridgehead atoms. The smallest absolute Gasteiger partial charge is 0.255 e. The Hall–Kier alpha value is -1.26. The van der Waals surface area contributed by atoms with E-state index in [-0.39, 0.29) is 17.7 Å². The molecule has 21 heavy (non-hydrogen) atoms. The predicted molar refractivity (Wildman–Crippen MR) is 83.8 cm³/mol. The molecule has 2 amide bonds. The summed E-state index contributed by atoms with van der Waals surface area (Å²) in [5.74, 6) is -0.00195. The fourth-order valence-electron chi connectivity index (χ4n) is 2.33. The van der Waals surface area contributed by atoms with Crippen LogP contribution in [-0.2, 0) is 4.79 Å². The summed E-state index contributed by atoms with van der Waals surface area (Å²) in [6.45, 7) is 5.94. The Morgan fingerprint density at radius 2 is 1.62 bits per heavy atom. The van der Waals surface area contributed by atoms with Crippen LogP contribution < -0.4 is 0 Å². The van der Waals surface area contributed by atoms with Crippen molar-refractivity contribution in [1.82, 2.24) is 9.80 Å². The molecule has 0 aromatic heterocycles. The van der Waals surface area contributed by atoms with E-state index in [0.717, 1.165) is 0 Å². The molecule has 0 saturated carbocycles. The van der Waals surface area contributed by atoms with Gasteiger partial charge in [-0.2, -0.15) is 0 Å². The van der Waals surface area contributed by atoms with Crippen molar-refractivity contribution in [1.29, 1.82) is 0 Å². The van der Waals surface area contributed by atoms with Crippen molar-refractivity contribution in [3.63, 3.8) is 0 Å². The molecule has 1 fully saturated rings. The lowest BCUT2D eigenvalue weighted by atomic mass is 10.1. The van der Waals surface area contributed by atoms with Gasteiger partial charge in [-0.3, -0.25) is 9.59 Å². The Morgan fingerprint density at radius 3 is 2.14 bits per heavy atom. The molecule has 1 saturated heterocycles. The van der Waals surface area contributed by atoms with Gasteiger partial charge in [-0.15, -0.1) is 0 Å². The highest BCUT2D eigenvalue weighted by atomic mass is 35.5. The molecule has 0 aliphatic carbocycles. The number of amides is 2. The standard InChI is InChI=1S/C15H18Cl2N2O2/c1-10(2)14(20)18-5-7-19(8-6-18)15(21)12-4-3-11(16)9-13(12)17/h3-4,9-10H,5-8H2,1-2H3. The van der Waals surface area contributed by atoms with E-state index in [1.54, 1.807) is 28.0 Å². The number of benzene rings is 1. The zero-order valence-electron chi connectivity index (χ0n) is 12.1. The maximum absolute atomic E-state index is 12.4. The Bertz CT molecular complexity index is 553. The number of hydrogen-bond donors (Lipinski definition) is 0. The largest absolute Gasteiger partial charge is 0.339 e. The number of piperazine rings is 1. The number of carbonyl (C=O) groups excluding carboxylic acids is 2. The van der Waals surface area contributed by atoms with Gasteiger partial charge in [0.1, 0.15) is 0 Å². The number of rotatable bonds is 2. The van der Waals surface area contributed by atoms with Crippen LogP contribution in [0, 0.1) is 5.92 Å². The predicted octanol–water partition coefficient (Wildman–Crippen LogP) is 2.93. The monoisotopic (exact) mass is 328 g/mol. The van der Waals surface area contributed by atoms with Gasteiger partial charge < -0.3 is 9.80 Å². The summed E-state index contributed by atoms with van der Waals surface area (Å²) in [5, 5.41) is 0.858. The van der Waals surface area contributed by atoms with Gasteiger partial charge in [0.25, 0.3) is 5.91 Å². The molecule has 1 aliphatic rings. The van der Waals surface area contributed by atoms with Crippen LogP contribution in [0.15, 0.2) is 18.2 Å². The van der Waals surface area contributed by atoms with Crippen molar-refractivity contribution >= 4 is 35.0 Å². The van der Waals surface area contributed by atoms with Crippen LogP contribution in [0.5, 0.6) is 0 Å². The summed E-state index contributed by atoms with van der Waals surface area (Å²) in [6, 6.07) is 4.85. The highest BCUT2D eigenvalue weighted by Crippen LogP contribution is 2.23. The third kappa shape index (κ3) is 3.69. The van der Waals surface area contributed by atoms with Gasteiger partial charge in [-0.1, -0.05) is 37.0 Å². The van der Waals surface area contributed by atoms with Crippen molar-refractivity contribution in [3.05, 3.63) is 33.8 Å². The van der Waals surface area contributed by atoms with Crippen molar-refractivity contribution in [3.8, 4) is 0 Å². The molecule has 2 rings (SSSR count). The van der Waals surface area contributed by atoms with Gasteiger partial charge >= 0.3 is 0 Å². The van der Waals surface area contributed by atoms with Crippen LogP contribution in [0.1, 0.15) is 24.2 Å². The highest BCUT2D eigenvalue weighted by Gasteiger charge is 2.26. The quantitative estimate of drug-likeness (QED) is 0.837. The SMILES string of the molecule is CC(C)C(=O)N1CCN(C(=O)c2ccc(Cl)cc2Cl)CC1. The van der Waals surface area contributed by atoms with E-state index in [1.807, 2.05) is 13.8 Å². The second kappa shape index (κ2) is 6.67. The Kier molecular flexibility index (Phi) is 5.12. The third-order valence-corrected chi connectivity index (χ3v) is 4.08. The van der Waals surface area contributed by atoms with E-state index in [9.17, 15) is 9.59 Å². The van der Waals surface area contributed by atoms with Gasteiger partial charge in [0, 0.05) is 37.1 Å². The molecule has 0 N–H and O–H groups in total.